The summed E-state index contributed by atoms with van der Waals surface area (Å²) in [4.78, 5) is 50.8. The Bertz CT molecular complexity index is 2670. The fourth-order valence-electron chi connectivity index (χ4n) is 8.11. The molecule has 5 aromatic rings. The van der Waals surface area contributed by atoms with E-state index >= 15 is 8.63 Å². The summed E-state index contributed by atoms with van der Waals surface area (Å²) in [5.41, 5.74) is 3.37. The van der Waals surface area contributed by atoms with Crippen LogP contribution in [0.4, 0.5) is 14.4 Å². The third-order valence-electron chi connectivity index (χ3n) is 11.4. The van der Waals surface area contributed by atoms with Crippen molar-refractivity contribution < 1.29 is 47.2 Å². The molecule has 1 fully saturated rings. The lowest BCUT2D eigenvalue weighted by atomic mass is 9.90. The van der Waals surface area contributed by atoms with Crippen LogP contribution in [-0.4, -0.2) is 120 Å². The molecular formula is C45H51BF2N10O7S. The summed E-state index contributed by atoms with van der Waals surface area (Å²) in [7, 11) is 0. The van der Waals surface area contributed by atoms with Gasteiger partial charge in [-0.1, -0.05) is 30.7 Å². The summed E-state index contributed by atoms with van der Waals surface area (Å²) in [6, 6.07) is 14.1. The van der Waals surface area contributed by atoms with Crippen molar-refractivity contribution in [2.45, 2.75) is 70.0 Å². The molecule has 4 unspecified atom stereocenters. The van der Waals surface area contributed by atoms with Crippen molar-refractivity contribution in [3.63, 3.8) is 0 Å². The van der Waals surface area contributed by atoms with Gasteiger partial charge in [0.15, 0.2) is 47.3 Å². The molecule has 7 heterocycles. The zero-order chi connectivity index (χ0) is 46.2. The summed E-state index contributed by atoms with van der Waals surface area (Å²) in [5, 5.41) is 34.5. The Labute approximate surface area is 383 Å². The largest absolute Gasteiger partial charge is 0.737 e. The highest BCUT2D eigenvalue weighted by Gasteiger charge is 2.52. The fourth-order valence-corrected chi connectivity index (χ4v) is 8.85. The number of halogens is 2. The summed E-state index contributed by atoms with van der Waals surface area (Å²) in [5.74, 6) is 0.157. The number of aliphatic hydroxyl groups excluding tert-OH is 2. The van der Waals surface area contributed by atoms with E-state index in [4.69, 9.17) is 9.47 Å². The minimum Gasteiger partial charge on any atom is -0.484 e. The first-order valence-corrected chi connectivity index (χ1v) is 22.9. The molecule has 66 heavy (non-hydrogen) atoms. The number of imidazole rings is 1. The number of nitrogens with one attached hydrogen (secondary N) is 4. The molecule has 0 bridgehead atoms. The predicted molar refractivity (Wildman–Crippen MR) is 247 cm³/mol. The minimum atomic E-state index is -4.13. The van der Waals surface area contributed by atoms with Gasteiger partial charge in [-0.05, 0) is 80.0 Å². The first-order valence-electron chi connectivity index (χ1n) is 22.0. The molecule has 0 aliphatic carbocycles. The van der Waals surface area contributed by atoms with Gasteiger partial charge in [-0.15, -0.1) is 11.3 Å². The molecule has 3 aliphatic heterocycles. The first-order chi connectivity index (χ1) is 32.0. The maximum absolute atomic E-state index is 16.1. The number of carbonyl (C=O) groups excluding carboxylic acids is 3. The van der Waals surface area contributed by atoms with Crippen molar-refractivity contribution in [3.05, 3.63) is 106 Å². The zero-order valence-electron chi connectivity index (χ0n) is 36.2. The monoisotopic (exact) mass is 924 g/mol. The molecule has 3 amide bonds. The van der Waals surface area contributed by atoms with Crippen molar-refractivity contribution in [3.8, 4) is 5.75 Å². The van der Waals surface area contributed by atoms with E-state index in [0.29, 0.717) is 91.0 Å². The van der Waals surface area contributed by atoms with Crippen LogP contribution in [0.15, 0.2) is 84.4 Å². The van der Waals surface area contributed by atoms with Gasteiger partial charge in [-0.25, -0.2) is 15.0 Å². The Morgan fingerprint density at radius 2 is 1.70 bits per heavy atom. The minimum absolute atomic E-state index is 0.0370. The summed E-state index contributed by atoms with van der Waals surface area (Å²) in [6.07, 6.45) is 10.4. The summed E-state index contributed by atoms with van der Waals surface area (Å²) >= 11 is 1.43. The maximum atomic E-state index is 16.1. The Morgan fingerprint density at radius 1 is 0.909 bits per heavy atom. The van der Waals surface area contributed by atoms with Gasteiger partial charge < -0.3 is 58.5 Å². The molecule has 8 rings (SSSR count). The number of ether oxygens (including phenoxy) is 2. The molecule has 4 atom stereocenters. The van der Waals surface area contributed by atoms with Gasteiger partial charge in [0, 0.05) is 62.2 Å². The number of rotatable bonds is 21. The number of likely N-dealkylation sites (N-methyl/N-ethyl adjacent to an activating group) is 1. The highest BCUT2D eigenvalue weighted by atomic mass is 32.1. The quantitative estimate of drug-likeness (QED) is 0.0451. The van der Waals surface area contributed by atoms with Crippen LogP contribution in [0.3, 0.4) is 0 Å². The summed E-state index contributed by atoms with van der Waals surface area (Å²) < 4.78 is 47.3. The van der Waals surface area contributed by atoms with Gasteiger partial charge in [0.05, 0.1) is 11.2 Å². The molecule has 4 aromatic heterocycles. The average molecular weight is 925 g/mol. The number of thiophene rings is 1. The van der Waals surface area contributed by atoms with E-state index < -0.39 is 37.4 Å². The summed E-state index contributed by atoms with van der Waals surface area (Å²) in [6.45, 7) is -0.674. The normalized spacial score (nSPS) is 19.5. The molecule has 3 aliphatic rings. The number of unbranched alkanes of at least 4 members (excludes halogenated alkanes) is 3. The lowest BCUT2D eigenvalue weighted by Crippen LogP contribution is -2.50. The third-order valence-corrected chi connectivity index (χ3v) is 12.3. The van der Waals surface area contributed by atoms with E-state index in [1.807, 2.05) is 17.5 Å². The van der Waals surface area contributed by atoms with Crippen LogP contribution in [0, 0.1) is 0 Å². The van der Waals surface area contributed by atoms with E-state index in [1.165, 1.54) is 28.6 Å². The maximum Gasteiger partial charge on any atom is 0.737 e. The second-order valence-corrected chi connectivity index (χ2v) is 16.9. The molecule has 0 spiro atoms. The van der Waals surface area contributed by atoms with Crippen molar-refractivity contribution in [2.75, 3.05) is 38.1 Å². The second-order valence-electron chi connectivity index (χ2n) is 16.0. The standard InChI is InChI=1S/C45H51BF2N10O7S/c1-2-49-44(63)41-39(61)40(62)45(65-41)56-28-55-38-42(53-27-54-43(38)56)52-23-7-6-22-50-36(59)10-4-3-5-21-51-37(60)26-64-33-18-12-29(13-19-33)11-14-30-15-16-31-25-32-17-20-34(35-9-8-24-66-35)58(32)46(47,48)57(30)31/h8-9,11-20,24-25,27-28,39-41,45,61-62H,2-7,10,21-23,26H2,1H3,(H,49,63)(H,50,59)(H,51,60)(H,52,53,54)/b14-11+. The van der Waals surface area contributed by atoms with Crippen molar-refractivity contribution in [1.82, 2.24) is 39.9 Å². The lowest BCUT2D eigenvalue weighted by molar-refractivity contribution is -0.360. The smallest absolute Gasteiger partial charge is 0.484 e. The molecule has 6 N–H and O–H groups in total. The molecule has 0 saturated carbocycles. The molecule has 17 nitrogen and oxygen atoms in total. The van der Waals surface area contributed by atoms with Crippen LogP contribution in [0.5, 0.6) is 5.75 Å². The van der Waals surface area contributed by atoms with Gasteiger partial charge in [-0.2, -0.15) is 0 Å². The van der Waals surface area contributed by atoms with E-state index in [9.17, 15) is 24.6 Å². The van der Waals surface area contributed by atoms with Crippen LogP contribution < -0.4 is 26.0 Å². The average Bonchev–Trinajstić information content (AvgIpc) is 4.17. The Balaban J connectivity index is 0.678. The van der Waals surface area contributed by atoms with Crippen LogP contribution in [0.1, 0.15) is 73.5 Å². The van der Waals surface area contributed by atoms with E-state index in [0.717, 1.165) is 38.7 Å². The van der Waals surface area contributed by atoms with Gasteiger partial charge in [0.25, 0.3) is 11.8 Å². The SMILES string of the molecule is CCNC(=O)C1OC(n2cnc3c(NCCCCNC(=O)CCCCCNC(=O)COc4ccc(/C=C/c5ccc6n5[B-](F)(F)[N+]5=C(c7cccs7)C=CC5=C6)cc4)ncnc32)C(O)C1O. The number of carbonyl (C=O) groups is 3. The number of nitrogens with zero attached hydrogens (tertiary/aromatic N) is 6. The number of amides is 3. The number of anilines is 1. The number of aliphatic hydroxyl groups is 2. The second kappa shape index (κ2) is 20.7. The highest BCUT2D eigenvalue weighted by Crippen LogP contribution is 2.35. The van der Waals surface area contributed by atoms with Gasteiger partial charge in [0.2, 0.25) is 5.91 Å². The van der Waals surface area contributed by atoms with Gasteiger partial charge in [-0.3, -0.25) is 19.0 Å². The number of fused-ring (bicyclic) bond motifs is 3. The molecular weight excluding hydrogens is 873 g/mol. The van der Waals surface area contributed by atoms with Crippen molar-refractivity contribution in [2.24, 2.45) is 0 Å². The van der Waals surface area contributed by atoms with Crippen LogP contribution in [-0.2, 0) is 19.1 Å². The molecule has 346 valence electrons. The van der Waals surface area contributed by atoms with Gasteiger partial charge in [0.1, 0.15) is 24.3 Å². The number of aromatic nitrogens is 5. The Morgan fingerprint density at radius 3 is 2.48 bits per heavy atom. The number of hydrogen-bond acceptors (Lipinski definition) is 12. The Kier molecular flexibility index (Phi) is 14.5. The van der Waals surface area contributed by atoms with Crippen LogP contribution in [0.2, 0.25) is 0 Å². The van der Waals surface area contributed by atoms with E-state index in [1.54, 1.807) is 73.7 Å². The van der Waals surface area contributed by atoms with Crippen molar-refractivity contribution in [1.29, 1.82) is 0 Å². The van der Waals surface area contributed by atoms with Crippen LogP contribution >= 0.6 is 11.3 Å². The molecule has 1 saturated heterocycles. The van der Waals surface area contributed by atoms with Crippen LogP contribution in [0.25, 0.3) is 29.4 Å². The van der Waals surface area contributed by atoms with Crippen molar-refractivity contribution >= 4 is 76.9 Å². The molecule has 1 aromatic carbocycles. The number of allylic oxidation sites excluding steroid dienone is 2. The fraction of sp³-hybridized carbons (Fsp3) is 0.356. The van der Waals surface area contributed by atoms with E-state index in [-0.39, 0.29) is 18.4 Å². The topological polar surface area (TPSA) is 210 Å². The predicted octanol–water partition coefficient (Wildman–Crippen LogP) is 4.33. The molecule has 21 heteroatoms. The zero-order valence-corrected chi connectivity index (χ0v) is 37.0. The lowest BCUT2D eigenvalue weighted by Gasteiger charge is -2.30. The third kappa shape index (κ3) is 10.1. The number of hydrogen-bond donors (Lipinski definition) is 6. The van der Waals surface area contributed by atoms with E-state index in [2.05, 4.69) is 36.2 Å². The highest BCUT2D eigenvalue weighted by molar-refractivity contribution is 7.12. The molecule has 0 radical (unpaired) electrons. The number of benzene rings is 1. The van der Waals surface area contributed by atoms with Gasteiger partial charge >= 0.3 is 6.97 Å². The first kappa shape index (κ1) is 46.0. The Hall–Kier alpha value is -6.55.